The molecule has 106 valence electrons. The van der Waals surface area contributed by atoms with Crippen LogP contribution in [0, 0.1) is 5.92 Å². The maximum atomic E-state index is 6.09. The molecule has 3 nitrogen and oxygen atoms in total. The second-order valence-electron chi connectivity index (χ2n) is 5.22. The van der Waals surface area contributed by atoms with Crippen LogP contribution in [0.4, 0.5) is 5.69 Å². The maximum Gasteiger partial charge on any atom is 0.0507 e. The summed E-state index contributed by atoms with van der Waals surface area (Å²) in [6.45, 7) is 3.67. The summed E-state index contributed by atoms with van der Waals surface area (Å²) in [4.78, 5) is 2.45. The van der Waals surface area contributed by atoms with Gasteiger partial charge < -0.3 is 15.4 Å². The van der Waals surface area contributed by atoms with Crippen molar-refractivity contribution in [1.29, 1.82) is 0 Å². The molecule has 2 N–H and O–H groups in total. The summed E-state index contributed by atoms with van der Waals surface area (Å²) in [5, 5.41) is 0.789. The Kier molecular flexibility index (Phi) is 5.49. The average molecular weight is 283 g/mol. The monoisotopic (exact) mass is 282 g/mol. The van der Waals surface area contributed by atoms with Gasteiger partial charge in [0.1, 0.15) is 0 Å². The lowest BCUT2D eigenvalue weighted by Gasteiger charge is -2.35. The van der Waals surface area contributed by atoms with E-state index in [9.17, 15) is 0 Å². The van der Waals surface area contributed by atoms with E-state index >= 15 is 0 Å². The van der Waals surface area contributed by atoms with Gasteiger partial charge in [-0.1, -0.05) is 11.6 Å². The minimum atomic E-state index is 0.625. The van der Waals surface area contributed by atoms with Crippen molar-refractivity contribution in [3.8, 4) is 0 Å². The molecule has 1 aliphatic rings. The molecule has 1 unspecified atom stereocenters. The van der Waals surface area contributed by atoms with Gasteiger partial charge in [-0.2, -0.15) is 0 Å². The third-order valence-electron chi connectivity index (χ3n) is 3.72. The second kappa shape index (κ2) is 7.13. The summed E-state index contributed by atoms with van der Waals surface area (Å²) in [5.74, 6) is 0.625. The molecule has 4 heteroatoms. The van der Waals surface area contributed by atoms with E-state index in [1.165, 1.54) is 24.1 Å². The minimum absolute atomic E-state index is 0.625. The summed E-state index contributed by atoms with van der Waals surface area (Å²) in [5.41, 5.74) is 8.25. The zero-order chi connectivity index (χ0) is 13.7. The number of anilines is 1. The van der Waals surface area contributed by atoms with Crippen molar-refractivity contribution in [2.45, 2.75) is 19.3 Å². The molecule has 1 aromatic rings. The van der Waals surface area contributed by atoms with E-state index in [1.54, 1.807) is 7.11 Å². The van der Waals surface area contributed by atoms with Gasteiger partial charge in [-0.15, -0.1) is 0 Å². The molecule has 1 aliphatic heterocycles. The quantitative estimate of drug-likeness (QED) is 0.902. The predicted octanol–water partition coefficient (Wildman–Crippen LogP) is 2.70. The van der Waals surface area contributed by atoms with Gasteiger partial charge >= 0.3 is 0 Å². The number of hydrogen-bond acceptors (Lipinski definition) is 3. The van der Waals surface area contributed by atoms with E-state index in [4.69, 9.17) is 22.1 Å². The molecule has 1 aromatic carbocycles. The van der Waals surface area contributed by atoms with E-state index in [1.807, 2.05) is 12.1 Å². The summed E-state index contributed by atoms with van der Waals surface area (Å²) in [6.07, 6.45) is 3.35. The number of hydrogen-bond donors (Lipinski definition) is 1. The van der Waals surface area contributed by atoms with E-state index in [2.05, 4.69) is 11.0 Å². The zero-order valence-corrected chi connectivity index (χ0v) is 12.3. The standard InChI is InChI=1S/C15H23ClN2O/c1-19-11-12-3-2-8-18(10-12)15-5-4-14(16)9-13(15)6-7-17/h4-5,9,12H,2-3,6-8,10-11,17H2,1H3. The minimum Gasteiger partial charge on any atom is -0.384 e. The first-order chi connectivity index (χ1) is 9.24. The fraction of sp³-hybridized carbons (Fsp3) is 0.600. The van der Waals surface area contributed by atoms with Crippen molar-refractivity contribution in [2.75, 3.05) is 38.3 Å². The highest BCUT2D eigenvalue weighted by atomic mass is 35.5. The van der Waals surface area contributed by atoms with Crippen LogP contribution in [0.15, 0.2) is 18.2 Å². The van der Waals surface area contributed by atoms with E-state index in [-0.39, 0.29) is 0 Å². The van der Waals surface area contributed by atoms with Crippen LogP contribution in [0.5, 0.6) is 0 Å². The highest BCUT2D eigenvalue weighted by Crippen LogP contribution is 2.29. The number of rotatable bonds is 5. The number of nitrogens with zero attached hydrogens (tertiary/aromatic N) is 1. The van der Waals surface area contributed by atoms with Crippen molar-refractivity contribution in [1.82, 2.24) is 0 Å². The van der Waals surface area contributed by atoms with Crippen LogP contribution in [0.25, 0.3) is 0 Å². The molecule has 1 fully saturated rings. The Balaban J connectivity index is 2.15. The average Bonchev–Trinajstić information content (AvgIpc) is 2.40. The molecule has 0 saturated carbocycles. The summed E-state index contributed by atoms with van der Waals surface area (Å²) in [6, 6.07) is 6.14. The molecule has 1 heterocycles. The lowest BCUT2D eigenvalue weighted by Crippen LogP contribution is -2.37. The van der Waals surface area contributed by atoms with Gasteiger partial charge in [-0.25, -0.2) is 0 Å². The molecule has 0 aliphatic carbocycles. The molecule has 0 spiro atoms. The largest absolute Gasteiger partial charge is 0.384 e. The molecular formula is C15H23ClN2O. The van der Waals surface area contributed by atoms with Crippen LogP contribution in [0.2, 0.25) is 5.02 Å². The fourth-order valence-corrected chi connectivity index (χ4v) is 3.07. The van der Waals surface area contributed by atoms with Crippen LogP contribution in [-0.4, -0.2) is 33.4 Å². The SMILES string of the molecule is COCC1CCCN(c2ccc(Cl)cc2CCN)C1. The Hall–Kier alpha value is -0.770. The van der Waals surface area contributed by atoms with Gasteiger partial charge in [0.05, 0.1) is 6.61 Å². The molecule has 2 rings (SSSR count). The number of nitrogens with two attached hydrogens (primary N) is 1. The number of ether oxygens (including phenoxy) is 1. The van der Waals surface area contributed by atoms with E-state index in [0.717, 1.165) is 31.1 Å². The van der Waals surface area contributed by atoms with E-state index in [0.29, 0.717) is 12.5 Å². The summed E-state index contributed by atoms with van der Waals surface area (Å²) in [7, 11) is 1.78. The normalized spacial score (nSPS) is 19.7. The van der Waals surface area contributed by atoms with E-state index < -0.39 is 0 Å². The molecule has 0 bridgehead atoms. The Bertz CT molecular complexity index is 409. The molecular weight excluding hydrogens is 260 g/mol. The van der Waals surface area contributed by atoms with Crippen LogP contribution in [-0.2, 0) is 11.2 Å². The van der Waals surface area contributed by atoms with Crippen molar-refractivity contribution >= 4 is 17.3 Å². The van der Waals surface area contributed by atoms with Crippen LogP contribution < -0.4 is 10.6 Å². The lowest BCUT2D eigenvalue weighted by atomic mass is 9.97. The van der Waals surface area contributed by atoms with Gasteiger partial charge in [0.2, 0.25) is 0 Å². The Morgan fingerprint density at radius 1 is 1.47 bits per heavy atom. The maximum absolute atomic E-state index is 6.09. The first-order valence-corrected chi connectivity index (χ1v) is 7.34. The topological polar surface area (TPSA) is 38.5 Å². The first-order valence-electron chi connectivity index (χ1n) is 6.97. The predicted molar refractivity (Wildman–Crippen MR) is 81.0 cm³/mol. The van der Waals surface area contributed by atoms with Crippen molar-refractivity contribution in [3.05, 3.63) is 28.8 Å². The van der Waals surface area contributed by atoms with Gasteiger partial charge in [-0.05, 0) is 55.5 Å². The number of benzene rings is 1. The Morgan fingerprint density at radius 3 is 3.05 bits per heavy atom. The fourth-order valence-electron chi connectivity index (χ4n) is 2.87. The van der Waals surface area contributed by atoms with Gasteiger partial charge in [0, 0.05) is 30.9 Å². The van der Waals surface area contributed by atoms with Crippen LogP contribution in [0.3, 0.4) is 0 Å². The van der Waals surface area contributed by atoms with Gasteiger partial charge in [0.15, 0.2) is 0 Å². The smallest absolute Gasteiger partial charge is 0.0507 e. The van der Waals surface area contributed by atoms with Crippen LogP contribution >= 0.6 is 11.6 Å². The molecule has 1 atom stereocenters. The second-order valence-corrected chi connectivity index (χ2v) is 5.66. The summed E-state index contributed by atoms with van der Waals surface area (Å²) >= 11 is 6.09. The highest BCUT2D eigenvalue weighted by Gasteiger charge is 2.21. The zero-order valence-electron chi connectivity index (χ0n) is 11.6. The van der Waals surface area contributed by atoms with Crippen molar-refractivity contribution < 1.29 is 4.74 Å². The number of methoxy groups -OCH3 is 1. The van der Waals surface area contributed by atoms with Crippen molar-refractivity contribution in [2.24, 2.45) is 11.7 Å². The third kappa shape index (κ3) is 3.85. The number of halogens is 1. The van der Waals surface area contributed by atoms with Gasteiger partial charge in [0.25, 0.3) is 0 Å². The molecule has 0 amide bonds. The van der Waals surface area contributed by atoms with Crippen molar-refractivity contribution in [3.63, 3.8) is 0 Å². The molecule has 1 saturated heterocycles. The van der Waals surface area contributed by atoms with Gasteiger partial charge in [-0.3, -0.25) is 0 Å². The highest BCUT2D eigenvalue weighted by molar-refractivity contribution is 6.30. The molecule has 0 radical (unpaired) electrons. The third-order valence-corrected chi connectivity index (χ3v) is 3.95. The molecule has 19 heavy (non-hydrogen) atoms. The lowest BCUT2D eigenvalue weighted by molar-refractivity contribution is 0.143. The Morgan fingerprint density at radius 2 is 2.32 bits per heavy atom. The van der Waals surface area contributed by atoms with Crippen LogP contribution in [0.1, 0.15) is 18.4 Å². The molecule has 0 aromatic heterocycles. The summed E-state index contributed by atoms with van der Waals surface area (Å²) < 4.78 is 5.29. The first kappa shape index (κ1) is 14.6. The Labute approximate surface area is 120 Å². The number of piperidine rings is 1.